The molecule has 0 saturated carbocycles. The molecule has 0 aliphatic heterocycles. The summed E-state index contributed by atoms with van der Waals surface area (Å²) in [5, 5.41) is 23.3. The van der Waals surface area contributed by atoms with Crippen molar-refractivity contribution in [1.82, 2.24) is 5.32 Å². The fourth-order valence-electron chi connectivity index (χ4n) is 9.64. The zero-order chi connectivity index (χ0) is 48.6. The van der Waals surface area contributed by atoms with Crippen LogP contribution in [0.4, 0.5) is 0 Å². The highest BCUT2D eigenvalue weighted by molar-refractivity contribution is 5.76. The third kappa shape index (κ3) is 53.8. The van der Waals surface area contributed by atoms with E-state index in [1.165, 1.54) is 231 Å². The molecule has 0 rings (SSSR count). The molecule has 0 aromatic rings. The number of ether oxygens (including phenoxy) is 1. The maximum atomic E-state index is 12.5. The van der Waals surface area contributed by atoms with Gasteiger partial charge in [0.25, 0.3) is 0 Å². The lowest BCUT2D eigenvalue weighted by atomic mass is 10.0. The Bertz CT molecular complexity index is 1000. The molecule has 0 aromatic carbocycles. The molecule has 0 aliphatic carbocycles. The molecule has 3 N–H and O–H groups in total. The van der Waals surface area contributed by atoms with E-state index in [0.717, 1.165) is 77.0 Å². The number of carbonyl (C=O) groups excluding carboxylic acids is 2. The molecule has 6 nitrogen and oxygen atoms in total. The Kier molecular flexibility index (Phi) is 56.0. The van der Waals surface area contributed by atoms with Crippen LogP contribution in [0.15, 0.2) is 12.2 Å². The fraction of sp³-hybridized carbons (Fsp3) is 0.934. The summed E-state index contributed by atoms with van der Waals surface area (Å²) in [5.74, 6) is -0.0744. The van der Waals surface area contributed by atoms with Crippen molar-refractivity contribution in [3.8, 4) is 0 Å². The monoisotopic (exact) mass is 946 g/mol. The van der Waals surface area contributed by atoms with Crippen molar-refractivity contribution >= 4 is 11.9 Å². The number of aliphatic hydroxyl groups is 2. The van der Waals surface area contributed by atoms with Crippen LogP contribution in [0.2, 0.25) is 0 Å². The van der Waals surface area contributed by atoms with Gasteiger partial charge in [-0.25, -0.2) is 0 Å². The van der Waals surface area contributed by atoms with Gasteiger partial charge in [-0.2, -0.15) is 0 Å². The second-order valence-electron chi connectivity index (χ2n) is 21.0. The van der Waals surface area contributed by atoms with Gasteiger partial charge in [-0.1, -0.05) is 283 Å². The van der Waals surface area contributed by atoms with Gasteiger partial charge in [-0.3, -0.25) is 9.59 Å². The van der Waals surface area contributed by atoms with Gasteiger partial charge in [0, 0.05) is 12.8 Å². The van der Waals surface area contributed by atoms with Crippen LogP contribution in [0.5, 0.6) is 0 Å². The Balaban J connectivity index is 3.47. The number of esters is 1. The molecule has 398 valence electrons. The van der Waals surface area contributed by atoms with Gasteiger partial charge in [-0.15, -0.1) is 0 Å². The molecule has 67 heavy (non-hydrogen) atoms. The zero-order valence-corrected chi connectivity index (χ0v) is 45.4. The minimum Gasteiger partial charge on any atom is -0.466 e. The van der Waals surface area contributed by atoms with Crippen molar-refractivity contribution in [3.05, 3.63) is 12.2 Å². The molecule has 0 spiro atoms. The summed E-state index contributed by atoms with van der Waals surface area (Å²) >= 11 is 0. The minimum absolute atomic E-state index is 0.0176. The van der Waals surface area contributed by atoms with Crippen LogP contribution >= 0.6 is 0 Å². The maximum absolute atomic E-state index is 12.5. The first-order valence-electron chi connectivity index (χ1n) is 30.4. The third-order valence-corrected chi connectivity index (χ3v) is 14.3. The van der Waals surface area contributed by atoms with E-state index in [1.54, 1.807) is 0 Å². The van der Waals surface area contributed by atoms with Gasteiger partial charge in [0.2, 0.25) is 5.91 Å². The van der Waals surface area contributed by atoms with Crippen LogP contribution in [0, 0.1) is 0 Å². The Morgan fingerprint density at radius 1 is 0.403 bits per heavy atom. The van der Waals surface area contributed by atoms with Crippen LogP contribution in [0.1, 0.15) is 341 Å². The largest absolute Gasteiger partial charge is 0.466 e. The van der Waals surface area contributed by atoms with E-state index in [-0.39, 0.29) is 18.5 Å². The molecule has 0 fully saturated rings. The Hall–Kier alpha value is -1.40. The van der Waals surface area contributed by atoms with Crippen LogP contribution < -0.4 is 5.32 Å². The van der Waals surface area contributed by atoms with E-state index >= 15 is 0 Å². The smallest absolute Gasteiger partial charge is 0.305 e. The quantitative estimate of drug-likeness (QED) is 0.0321. The fourth-order valence-corrected chi connectivity index (χ4v) is 9.64. The van der Waals surface area contributed by atoms with Gasteiger partial charge in [-0.05, 0) is 57.8 Å². The first-order chi connectivity index (χ1) is 33.0. The van der Waals surface area contributed by atoms with Gasteiger partial charge < -0.3 is 20.3 Å². The summed E-state index contributed by atoms with van der Waals surface area (Å²) in [4.78, 5) is 24.6. The van der Waals surface area contributed by atoms with Crippen LogP contribution in [-0.2, 0) is 14.3 Å². The number of hydrogen-bond donors (Lipinski definition) is 3. The maximum Gasteiger partial charge on any atom is 0.305 e. The van der Waals surface area contributed by atoms with Gasteiger partial charge in [0.05, 0.1) is 25.4 Å². The normalized spacial score (nSPS) is 12.6. The highest BCUT2D eigenvalue weighted by atomic mass is 16.5. The molecule has 0 aromatic heterocycles. The van der Waals surface area contributed by atoms with E-state index in [4.69, 9.17) is 4.74 Å². The molecule has 0 saturated heterocycles. The van der Waals surface area contributed by atoms with Crippen molar-refractivity contribution in [2.24, 2.45) is 0 Å². The summed E-state index contributed by atoms with van der Waals surface area (Å²) in [6.45, 7) is 4.93. The molecule has 1 amide bonds. The molecule has 0 aliphatic rings. The number of allylic oxidation sites excluding steroid dienone is 2. The number of hydrogen-bond acceptors (Lipinski definition) is 5. The lowest BCUT2D eigenvalue weighted by Gasteiger charge is -2.22. The number of rotatable bonds is 57. The van der Waals surface area contributed by atoms with Gasteiger partial charge in [0.1, 0.15) is 0 Å². The van der Waals surface area contributed by atoms with E-state index in [2.05, 4.69) is 31.3 Å². The summed E-state index contributed by atoms with van der Waals surface area (Å²) in [6.07, 6.45) is 67.8. The first kappa shape index (κ1) is 65.6. The molecule has 0 heterocycles. The Morgan fingerprint density at radius 2 is 0.701 bits per heavy atom. The van der Waals surface area contributed by atoms with Gasteiger partial charge >= 0.3 is 5.97 Å². The Labute approximate surface area is 419 Å². The summed E-state index contributed by atoms with van der Waals surface area (Å²) in [6, 6.07) is -0.560. The number of nitrogens with one attached hydrogen (secondary N) is 1. The molecule has 6 heteroatoms. The number of unbranched alkanes of at least 4 members (excludes halogenated alkanes) is 44. The van der Waals surface area contributed by atoms with Crippen LogP contribution in [-0.4, -0.2) is 47.4 Å². The zero-order valence-electron chi connectivity index (χ0n) is 45.4. The second-order valence-corrected chi connectivity index (χ2v) is 21.0. The van der Waals surface area contributed by atoms with Crippen LogP contribution in [0.3, 0.4) is 0 Å². The van der Waals surface area contributed by atoms with E-state index in [1.807, 2.05) is 0 Å². The summed E-state index contributed by atoms with van der Waals surface area (Å²) in [7, 11) is 0. The lowest BCUT2D eigenvalue weighted by molar-refractivity contribution is -0.143. The second kappa shape index (κ2) is 57.2. The van der Waals surface area contributed by atoms with E-state index in [9.17, 15) is 19.8 Å². The number of amides is 1. The van der Waals surface area contributed by atoms with Crippen molar-refractivity contribution in [2.75, 3.05) is 13.2 Å². The molecule has 2 atom stereocenters. The topological polar surface area (TPSA) is 95.9 Å². The molecule has 2 unspecified atom stereocenters. The van der Waals surface area contributed by atoms with E-state index in [0.29, 0.717) is 25.9 Å². The predicted octanol–water partition coefficient (Wildman–Crippen LogP) is 18.9. The van der Waals surface area contributed by atoms with Crippen molar-refractivity contribution in [1.29, 1.82) is 0 Å². The number of aliphatic hydroxyl groups excluding tert-OH is 2. The minimum atomic E-state index is -0.680. The molecule has 0 bridgehead atoms. The summed E-state index contributed by atoms with van der Waals surface area (Å²) in [5.41, 5.74) is 0. The highest BCUT2D eigenvalue weighted by Crippen LogP contribution is 2.18. The Morgan fingerprint density at radius 3 is 1.06 bits per heavy atom. The van der Waals surface area contributed by atoms with Gasteiger partial charge in [0.15, 0.2) is 0 Å². The van der Waals surface area contributed by atoms with Crippen molar-refractivity contribution in [2.45, 2.75) is 353 Å². The van der Waals surface area contributed by atoms with E-state index < -0.39 is 12.1 Å². The predicted molar refractivity (Wildman–Crippen MR) is 292 cm³/mol. The third-order valence-electron chi connectivity index (χ3n) is 14.3. The SMILES string of the molecule is CCCCCCCCCCCCCCCCCCCCCCCC(O)C(CO)NC(=O)CCCCCCC/C=C\CCCCCOC(=O)CCCCCCCCCCCCCCCCCCC. The first-order valence-corrected chi connectivity index (χ1v) is 30.4. The average molecular weight is 947 g/mol. The van der Waals surface area contributed by atoms with Crippen LogP contribution in [0.25, 0.3) is 0 Å². The molecule has 0 radical (unpaired) electrons. The van der Waals surface area contributed by atoms with Crippen molar-refractivity contribution in [3.63, 3.8) is 0 Å². The highest BCUT2D eigenvalue weighted by Gasteiger charge is 2.20. The summed E-state index contributed by atoms with van der Waals surface area (Å²) < 4.78 is 5.47. The number of carbonyl (C=O) groups is 2. The van der Waals surface area contributed by atoms with Crippen molar-refractivity contribution < 1.29 is 24.5 Å². The molecular formula is C61H119NO5. The lowest BCUT2D eigenvalue weighted by Crippen LogP contribution is -2.45. The standard InChI is InChI=1S/C61H119NO5/c1-3-5-7-9-11-13-15-17-19-21-22-23-24-26-27-29-33-37-41-45-49-53-59(64)58(57-63)62-60(65)54-50-46-42-38-34-31-32-36-40-44-48-52-56-67-61(66)55-51-47-43-39-35-30-28-25-20-18-16-14-12-10-8-6-4-2/h32,36,58-59,63-64H,3-31,33-35,37-57H2,1-2H3,(H,62,65)/b36-32-. The average Bonchev–Trinajstić information content (AvgIpc) is 3.33. The molecular weight excluding hydrogens is 827 g/mol.